The van der Waals surface area contributed by atoms with Crippen molar-refractivity contribution in [2.24, 2.45) is 0 Å². The van der Waals surface area contributed by atoms with Crippen LogP contribution in [0.4, 0.5) is 0 Å². The molecule has 0 fully saturated rings. The van der Waals surface area contributed by atoms with Crippen LogP contribution in [0.25, 0.3) is 0 Å². The topological polar surface area (TPSA) is 43.4 Å². The van der Waals surface area contributed by atoms with Crippen molar-refractivity contribution >= 4 is 11.0 Å². The second-order valence-electron chi connectivity index (χ2n) is 1.38. The van der Waals surface area contributed by atoms with Crippen LogP contribution in [0.5, 0.6) is 0 Å². The number of rotatable bonds is 4. The average Bonchev–Trinajstić information content (AvgIpc) is 1.66. The second-order valence-corrected chi connectivity index (χ2v) is 2.02. The zero-order valence-corrected chi connectivity index (χ0v) is 6.57. The van der Waals surface area contributed by atoms with Crippen molar-refractivity contribution in [3.8, 4) is 0 Å². The molecule has 0 saturated carbocycles. The van der Waals surface area contributed by atoms with Crippen molar-refractivity contribution in [1.82, 2.24) is 0 Å². The summed E-state index contributed by atoms with van der Waals surface area (Å²) in [6.45, 7) is 2.28. The van der Waals surface area contributed by atoms with Gasteiger partial charge in [-0.05, 0) is 6.42 Å². The monoisotopic (exact) mass is 144 g/mol. The molecule has 0 aliphatic heterocycles. The third-order valence-electron chi connectivity index (χ3n) is 0.677. The van der Waals surface area contributed by atoms with Gasteiger partial charge in [0.2, 0.25) is 0 Å². The first-order valence-electron chi connectivity index (χ1n) is 2.50. The fourth-order valence-electron chi connectivity index (χ4n) is 0.271. The maximum Gasteiger partial charge on any atom is 1.00 e. The molecule has 0 aromatic rings. The normalized spacial score (nSPS) is 9.11. The Bertz CT molecular complexity index is 104. The maximum absolute atomic E-state index is 9.65. The summed E-state index contributed by atoms with van der Waals surface area (Å²) in [5.41, 5.74) is 0. The Morgan fingerprint density at radius 2 is 2.00 bits per heavy atom. The molecule has 5 heteroatoms. The Hall–Kier alpha value is 0.507. The zero-order valence-electron chi connectivity index (χ0n) is 5.75. The molecule has 0 radical (unpaired) electrons. The van der Waals surface area contributed by atoms with E-state index < -0.39 is 11.0 Å². The van der Waals surface area contributed by atoms with Gasteiger partial charge in [-0.25, -0.2) is 0 Å². The fraction of sp³-hybridized carbons (Fsp3) is 1.00. The predicted molar refractivity (Wildman–Crippen MR) is 29.6 cm³/mol. The van der Waals surface area contributed by atoms with Crippen molar-refractivity contribution in [3.63, 3.8) is 0 Å². The molecule has 0 aromatic heterocycles. The standard InChI is InChI=1S/C4H9O3S.Li/c1-2-3-4-7-8(5)6;/h2-4H2,1H3;/q-1;+1. The molecular weight excluding hydrogens is 135 g/mol. The van der Waals surface area contributed by atoms with Crippen LogP contribution in [0, 0.1) is 0 Å². The van der Waals surface area contributed by atoms with Gasteiger partial charge in [0.05, 0.1) is 11.0 Å². The van der Waals surface area contributed by atoms with Crippen LogP contribution in [0.3, 0.4) is 0 Å². The van der Waals surface area contributed by atoms with E-state index in [4.69, 9.17) is 0 Å². The van der Waals surface area contributed by atoms with Gasteiger partial charge < -0.3 is 12.6 Å². The van der Waals surface area contributed by atoms with Crippen molar-refractivity contribution in [2.75, 3.05) is 6.61 Å². The quantitative estimate of drug-likeness (QED) is 0.261. The van der Waals surface area contributed by atoms with Crippen LogP contribution in [0.1, 0.15) is 19.8 Å². The Morgan fingerprint density at radius 1 is 1.44 bits per heavy atom. The minimum Gasteiger partial charge on any atom is -0.424 e. The minimum absolute atomic E-state index is 0. The molecule has 0 aliphatic carbocycles. The molecule has 0 unspecified atom stereocenters. The van der Waals surface area contributed by atoms with Crippen LogP contribution in [-0.2, 0) is 23.6 Å². The first kappa shape index (κ1) is 12.2. The van der Waals surface area contributed by atoms with Gasteiger partial charge in [-0.15, -0.1) is 0 Å². The Balaban J connectivity index is 0. The number of hydrogen-bond acceptors (Lipinski definition) is 4. The van der Waals surface area contributed by atoms with E-state index in [2.05, 4.69) is 4.18 Å². The smallest absolute Gasteiger partial charge is 0.424 e. The molecule has 0 amide bonds. The first-order valence-corrected chi connectivity index (χ1v) is 3.50. The molecule has 0 rings (SSSR count). The maximum atomic E-state index is 9.65. The third kappa shape index (κ3) is 11.9. The van der Waals surface area contributed by atoms with Crippen LogP contribution in [0.15, 0.2) is 0 Å². The summed E-state index contributed by atoms with van der Waals surface area (Å²) >= 11 is 0. The SMILES string of the molecule is CCCCO[S-](=O)=O.[Li+]. The Kier molecular flexibility index (Phi) is 11.5. The van der Waals surface area contributed by atoms with Crippen molar-refractivity contribution in [1.29, 1.82) is 0 Å². The van der Waals surface area contributed by atoms with E-state index in [1.54, 1.807) is 0 Å². The largest absolute Gasteiger partial charge is 1.00 e. The fourth-order valence-corrected chi connectivity index (χ4v) is 0.525. The van der Waals surface area contributed by atoms with E-state index in [1.807, 2.05) is 6.92 Å². The van der Waals surface area contributed by atoms with E-state index in [1.165, 1.54) is 0 Å². The summed E-state index contributed by atoms with van der Waals surface area (Å²) in [4.78, 5) is 0. The van der Waals surface area contributed by atoms with Gasteiger partial charge in [0.1, 0.15) is 0 Å². The van der Waals surface area contributed by atoms with Gasteiger partial charge in [-0.1, -0.05) is 13.3 Å². The third-order valence-corrected chi connectivity index (χ3v) is 1.04. The van der Waals surface area contributed by atoms with Gasteiger partial charge in [-0.2, -0.15) is 0 Å². The summed E-state index contributed by atoms with van der Waals surface area (Å²) in [5, 5.41) is 0. The molecular formula is C4H9LiO3S. The molecule has 0 saturated heterocycles. The molecule has 0 atom stereocenters. The first-order chi connectivity index (χ1) is 3.77. The molecule has 50 valence electrons. The average molecular weight is 144 g/mol. The zero-order chi connectivity index (χ0) is 6.41. The molecule has 0 aliphatic rings. The van der Waals surface area contributed by atoms with E-state index >= 15 is 0 Å². The number of hydrogen-bond donors (Lipinski definition) is 0. The molecule has 0 bridgehead atoms. The summed E-state index contributed by atoms with van der Waals surface area (Å²) in [6.07, 6.45) is 1.76. The van der Waals surface area contributed by atoms with Gasteiger partial charge >= 0.3 is 18.9 Å². The van der Waals surface area contributed by atoms with Gasteiger partial charge in [0.25, 0.3) is 0 Å². The van der Waals surface area contributed by atoms with Crippen LogP contribution in [-0.4, -0.2) is 6.61 Å². The Labute approximate surface area is 69.1 Å². The summed E-state index contributed by atoms with van der Waals surface area (Å²) in [7, 11) is -2.32. The summed E-state index contributed by atoms with van der Waals surface area (Å²) in [6, 6.07) is 0. The van der Waals surface area contributed by atoms with Crippen LogP contribution in [0.2, 0.25) is 0 Å². The van der Waals surface area contributed by atoms with Gasteiger partial charge in [-0.3, -0.25) is 0 Å². The van der Waals surface area contributed by atoms with E-state index in [0.29, 0.717) is 6.61 Å². The van der Waals surface area contributed by atoms with E-state index in [0.717, 1.165) is 12.8 Å². The molecule has 0 aromatic carbocycles. The molecule has 0 heterocycles. The Morgan fingerprint density at radius 3 is 2.33 bits per heavy atom. The summed E-state index contributed by atoms with van der Waals surface area (Å²) in [5.74, 6) is 0. The van der Waals surface area contributed by atoms with Crippen molar-refractivity contribution < 1.29 is 31.5 Å². The van der Waals surface area contributed by atoms with E-state index in [9.17, 15) is 8.42 Å². The second kappa shape index (κ2) is 8.51. The molecule has 0 N–H and O–H groups in total. The van der Waals surface area contributed by atoms with Crippen molar-refractivity contribution in [3.05, 3.63) is 0 Å². The number of unbranched alkanes of at least 4 members (excludes halogenated alkanes) is 1. The van der Waals surface area contributed by atoms with Gasteiger partial charge in [0.15, 0.2) is 0 Å². The van der Waals surface area contributed by atoms with Crippen molar-refractivity contribution in [2.45, 2.75) is 19.8 Å². The van der Waals surface area contributed by atoms with Crippen LogP contribution >= 0.6 is 0 Å². The molecule has 3 nitrogen and oxygen atoms in total. The summed E-state index contributed by atoms with van der Waals surface area (Å²) < 4.78 is 23.5. The van der Waals surface area contributed by atoms with Gasteiger partial charge in [0, 0.05) is 6.61 Å². The van der Waals surface area contributed by atoms with Crippen LogP contribution < -0.4 is 18.9 Å². The minimum atomic E-state index is -2.32. The predicted octanol–water partition coefficient (Wildman–Crippen LogP) is -1.97. The van der Waals surface area contributed by atoms with E-state index in [-0.39, 0.29) is 18.9 Å². The molecule has 9 heavy (non-hydrogen) atoms. The molecule has 0 spiro atoms.